The number of nitrogens with zero attached hydrogens (tertiary/aromatic N) is 1. The lowest BCUT2D eigenvalue weighted by Gasteiger charge is -2.33. The number of rotatable bonds is 4. The third-order valence-electron chi connectivity index (χ3n) is 4.06. The van der Waals surface area contributed by atoms with Crippen LogP contribution in [0.15, 0.2) is 17.5 Å². The van der Waals surface area contributed by atoms with Gasteiger partial charge in [-0.1, -0.05) is 6.07 Å². The van der Waals surface area contributed by atoms with Crippen molar-refractivity contribution in [1.29, 1.82) is 0 Å². The molecule has 5 nitrogen and oxygen atoms in total. The summed E-state index contributed by atoms with van der Waals surface area (Å²) >= 11 is 1.60. The summed E-state index contributed by atoms with van der Waals surface area (Å²) in [6.45, 7) is 7.35. The van der Waals surface area contributed by atoms with E-state index in [1.807, 2.05) is 31.4 Å². The second kappa shape index (κ2) is 7.13. The standard InChI is InChI=1S/C16H24N2O3S/c1-4-21-15(20)18-9-7-12(8-10-18)17-14(19)16(2,3)13-6-5-11-22-13/h5-6,11-12H,4,7-10H2,1-3H3,(H,17,19). The van der Waals surface area contributed by atoms with Crippen LogP contribution in [-0.2, 0) is 14.9 Å². The van der Waals surface area contributed by atoms with E-state index in [1.54, 1.807) is 23.2 Å². The fourth-order valence-electron chi connectivity index (χ4n) is 2.53. The summed E-state index contributed by atoms with van der Waals surface area (Å²) in [5.74, 6) is 0.0459. The van der Waals surface area contributed by atoms with Crippen molar-refractivity contribution in [3.8, 4) is 0 Å². The van der Waals surface area contributed by atoms with Gasteiger partial charge in [-0.3, -0.25) is 4.79 Å². The molecule has 0 atom stereocenters. The number of nitrogens with one attached hydrogen (secondary N) is 1. The molecule has 0 spiro atoms. The Balaban J connectivity index is 1.86. The number of carbonyl (C=O) groups is 2. The van der Waals surface area contributed by atoms with E-state index >= 15 is 0 Å². The lowest BCUT2D eigenvalue weighted by molar-refractivity contribution is -0.126. The minimum absolute atomic E-state index is 0.0459. The number of hydrogen-bond donors (Lipinski definition) is 1. The minimum Gasteiger partial charge on any atom is -0.450 e. The van der Waals surface area contributed by atoms with Crippen LogP contribution in [0.2, 0.25) is 0 Å². The number of hydrogen-bond acceptors (Lipinski definition) is 4. The zero-order chi connectivity index (χ0) is 16.2. The van der Waals surface area contributed by atoms with Crippen LogP contribution < -0.4 is 5.32 Å². The van der Waals surface area contributed by atoms with Gasteiger partial charge in [0.25, 0.3) is 0 Å². The molecule has 1 fully saturated rings. The second-order valence-electron chi connectivity index (χ2n) is 6.04. The van der Waals surface area contributed by atoms with Crippen molar-refractivity contribution < 1.29 is 14.3 Å². The first kappa shape index (κ1) is 16.8. The van der Waals surface area contributed by atoms with Crippen LogP contribution in [0, 0.1) is 0 Å². The Hall–Kier alpha value is -1.56. The highest BCUT2D eigenvalue weighted by molar-refractivity contribution is 7.10. The maximum atomic E-state index is 12.5. The van der Waals surface area contributed by atoms with Crippen LogP contribution in [0.1, 0.15) is 38.5 Å². The molecule has 6 heteroatoms. The van der Waals surface area contributed by atoms with E-state index in [0.717, 1.165) is 17.7 Å². The largest absolute Gasteiger partial charge is 0.450 e. The first-order valence-corrected chi connectivity index (χ1v) is 8.59. The van der Waals surface area contributed by atoms with Crippen molar-refractivity contribution in [2.24, 2.45) is 0 Å². The number of amides is 2. The van der Waals surface area contributed by atoms with E-state index in [1.165, 1.54) is 0 Å². The van der Waals surface area contributed by atoms with Gasteiger partial charge in [0.15, 0.2) is 0 Å². The average Bonchev–Trinajstić information content (AvgIpc) is 3.03. The third-order valence-corrected chi connectivity index (χ3v) is 5.25. The van der Waals surface area contributed by atoms with Crippen molar-refractivity contribution in [2.75, 3.05) is 19.7 Å². The molecule has 22 heavy (non-hydrogen) atoms. The topological polar surface area (TPSA) is 58.6 Å². The number of thiophene rings is 1. The van der Waals surface area contributed by atoms with Crippen molar-refractivity contribution in [2.45, 2.75) is 45.1 Å². The van der Waals surface area contributed by atoms with Crippen LogP contribution in [-0.4, -0.2) is 42.6 Å². The maximum absolute atomic E-state index is 12.5. The third kappa shape index (κ3) is 3.80. The SMILES string of the molecule is CCOC(=O)N1CCC(NC(=O)C(C)(C)c2cccs2)CC1. The predicted molar refractivity (Wildman–Crippen MR) is 87.1 cm³/mol. The summed E-state index contributed by atoms with van der Waals surface area (Å²) in [7, 11) is 0. The van der Waals surface area contributed by atoms with Gasteiger partial charge in [0.2, 0.25) is 5.91 Å². The van der Waals surface area contributed by atoms with Gasteiger partial charge in [0.1, 0.15) is 0 Å². The molecule has 0 saturated carbocycles. The van der Waals surface area contributed by atoms with Gasteiger partial charge in [-0.15, -0.1) is 11.3 Å². The van der Waals surface area contributed by atoms with E-state index < -0.39 is 5.41 Å². The number of carbonyl (C=O) groups excluding carboxylic acids is 2. The molecular formula is C16H24N2O3S. The zero-order valence-electron chi connectivity index (χ0n) is 13.4. The van der Waals surface area contributed by atoms with Crippen LogP contribution in [0.5, 0.6) is 0 Å². The van der Waals surface area contributed by atoms with Gasteiger partial charge in [0, 0.05) is 24.0 Å². The van der Waals surface area contributed by atoms with Gasteiger partial charge in [-0.25, -0.2) is 4.79 Å². The van der Waals surface area contributed by atoms with Crippen LogP contribution in [0.3, 0.4) is 0 Å². The smallest absolute Gasteiger partial charge is 0.409 e. The normalized spacial score (nSPS) is 16.4. The average molecular weight is 324 g/mol. The molecule has 2 rings (SSSR count). The maximum Gasteiger partial charge on any atom is 0.409 e. The van der Waals surface area contributed by atoms with E-state index in [0.29, 0.717) is 19.7 Å². The summed E-state index contributed by atoms with van der Waals surface area (Å²) in [6, 6.07) is 4.08. The summed E-state index contributed by atoms with van der Waals surface area (Å²) in [4.78, 5) is 27.0. The number of ether oxygens (including phenoxy) is 1. The van der Waals surface area contributed by atoms with Crippen molar-refractivity contribution in [3.63, 3.8) is 0 Å². The molecule has 0 aromatic carbocycles. The molecule has 1 aromatic rings. The highest BCUT2D eigenvalue weighted by Gasteiger charge is 2.33. The Morgan fingerprint density at radius 3 is 2.64 bits per heavy atom. The quantitative estimate of drug-likeness (QED) is 0.926. The Morgan fingerprint density at radius 2 is 2.09 bits per heavy atom. The molecular weight excluding hydrogens is 300 g/mol. The number of likely N-dealkylation sites (tertiary alicyclic amines) is 1. The van der Waals surface area contributed by atoms with E-state index in [4.69, 9.17) is 4.74 Å². The summed E-state index contributed by atoms with van der Waals surface area (Å²) in [6.07, 6.45) is 1.28. The van der Waals surface area contributed by atoms with E-state index in [-0.39, 0.29) is 18.0 Å². The first-order valence-electron chi connectivity index (χ1n) is 7.71. The van der Waals surface area contributed by atoms with Gasteiger partial charge in [-0.05, 0) is 45.1 Å². The van der Waals surface area contributed by atoms with Crippen molar-refractivity contribution in [3.05, 3.63) is 22.4 Å². The fraction of sp³-hybridized carbons (Fsp3) is 0.625. The lowest BCUT2D eigenvalue weighted by atomic mass is 9.89. The highest BCUT2D eigenvalue weighted by Crippen LogP contribution is 2.28. The van der Waals surface area contributed by atoms with Gasteiger partial charge >= 0.3 is 6.09 Å². The fourth-order valence-corrected chi connectivity index (χ4v) is 3.38. The molecule has 1 aliphatic rings. The van der Waals surface area contributed by atoms with Gasteiger partial charge in [-0.2, -0.15) is 0 Å². The Labute approximate surface area is 135 Å². The van der Waals surface area contributed by atoms with Crippen molar-refractivity contribution in [1.82, 2.24) is 10.2 Å². The van der Waals surface area contributed by atoms with Crippen LogP contribution in [0.25, 0.3) is 0 Å². The Kier molecular flexibility index (Phi) is 5.45. The van der Waals surface area contributed by atoms with Crippen LogP contribution >= 0.6 is 11.3 Å². The van der Waals surface area contributed by atoms with E-state index in [9.17, 15) is 9.59 Å². The molecule has 2 amide bonds. The minimum atomic E-state index is -0.521. The monoisotopic (exact) mass is 324 g/mol. The van der Waals surface area contributed by atoms with Gasteiger partial charge in [0.05, 0.1) is 12.0 Å². The van der Waals surface area contributed by atoms with Crippen LogP contribution in [0.4, 0.5) is 4.79 Å². The predicted octanol–water partition coefficient (Wildman–Crippen LogP) is 2.76. The zero-order valence-corrected chi connectivity index (χ0v) is 14.2. The first-order chi connectivity index (χ1) is 10.4. The molecule has 2 heterocycles. The molecule has 0 unspecified atom stereocenters. The molecule has 1 N–H and O–H groups in total. The Morgan fingerprint density at radius 1 is 1.41 bits per heavy atom. The summed E-state index contributed by atoms with van der Waals surface area (Å²) < 4.78 is 5.00. The van der Waals surface area contributed by atoms with E-state index in [2.05, 4.69) is 5.32 Å². The molecule has 0 aliphatic carbocycles. The molecule has 1 aliphatic heterocycles. The Bertz CT molecular complexity index is 505. The summed E-state index contributed by atoms with van der Waals surface area (Å²) in [5, 5.41) is 5.12. The van der Waals surface area contributed by atoms with Crippen molar-refractivity contribution >= 4 is 23.3 Å². The molecule has 122 valence electrons. The molecule has 1 saturated heterocycles. The molecule has 1 aromatic heterocycles. The molecule has 0 radical (unpaired) electrons. The highest BCUT2D eigenvalue weighted by atomic mass is 32.1. The summed E-state index contributed by atoms with van der Waals surface area (Å²) in [5.41, 5.74) is -0.521. The van der Waals surface area contributed by atoms with Gasteiger partial charge < -0.3 is 15.0 Å². The number of piperidine rings is 1. The molecule has 0 bridgehead atoms. The lowest BCUT2D eigenvalue weighted by Crippen LogP contribution is -2.50. The second-order valence-corrected chi connectivity index (χ2v) is 6.98.